The van der Waals surface area contributed by atoms with E-state index in [-0.39, 0.29) is 43.5 Å². The van der Waals surface area contributed by atoms with Gasteiger partial charge in [-0.05, 0) is 37.4 Å². The van der Waals surface area contributed by atoms with Gasteiger partial charge in [0.25, 0.3) is 5.69 Å². The van der Waals surface area contributed by atoms with E-state index in [9.17, 15) is 29.6 Å². The molecule has 1 atom stereocenters. The molecule has 148 valence electrons. The van der Waals surface area contributed by atoms with E-state index in [1.165, 1.54) is 6.07 Å². The molecule has 2 rings (SSSR count). The Morgan fingerprint density at radius 1 is 1.36 bits per heavy atom. The molecule has 0 saturated carbocycles. The number of carbonyl (C=O) groups excluding carboxylic acids is 2. The van der Waals surface area contributed by atoms with Gasteiger partial charge in [0.15, 0.2) is 5.54 Å². The summed E-state index contributed by atoms with van der Waals surface area (Å²) in [6, 6.07) is 3.23. The van der Waals surface area contributed by atoms with Crippen molar-refractivity contribution in [1.82, 2.24) is 4.90 Å². The Morgan fingerprint density at radius 3 is 2.50 bits per heavy atom. The van der Waals surface area contributed by atoms with E-state index < -0.39 is 33.9 Å². The van der Waals surface area contributed by atoms with Crippen LogP contribution in [0.15, 0.2) is 23.3 Å². The summed E-state index contributed by atoms with van der Waals surface area (Å²) in [5.41, 5.74) is 10.7. The van der Waals surface area contributed by atoms with E-state index in [1.807, 2.05) is 0 Å². The van der Waals surface area contributed by atoms with Crippen LogP contribution in [-0.2, 0) is 19.9 Å². The zero-order chi connectivity index (χ0) is 20.9. The van der Waals surface area contributed by atoms with Gasteiger partial charge >= 0.3 is 5.97 Å². The summed E-state index contributed by atoms with van der Waals surface area (Å²) in [7, 11) is 0. The van der Waals surface area contributed by atoms with Crippen LogP contribution < -0.4 is 5.73 Å². The number of carboxylic acid groups (broad SMARTS) is 1. The molecule has 28 heavy (non-hydrogen) atoms. The largest absolute Gasteiger partial charge is 0.479 e. The predicted molar refractivity (Wildman–Crippen MR) is 95.2 cm³/mol. The van der Waals surface area contributed by atoms with Gasteiger partial charge in [0.2, 0.25) is 11.8 Å². The van der Waals surface area contributed by atoms with E-state index in [0.717, 1.165) is 12.1 Å². The van der Waals surface area contributed by atoms with Crippen LogP contribution in [0.1, 0.15) is 37.7 Å². The summed E-state index contributed by atoms with van der Waals surface area (Å²) in [5, 5.41) is 25.0. The Kier molecular flexibility index (Phi) is 6.29. The van der Waals surface area contributed by atoms with E-state index >= 15 is 0 Å². The molecule has 0 radical (unpaired) electrons. The summed E-state index contributed by atoms with van der Waals surface area (Å²) >= 11 is 0. The molecule has 1 aliphatic heterocycles. The lowest BCUT2D eigenvalue weighted by Crippen LogP contribution is -2.54. The lowest BCUT2D eigenvalue weighted by atomic mass is 9.81. The second kappa shape index (κ2) is 8.46. The minimum Gasteiger partial charge on any atom is -0.479 e. The van der Waals surface area contributed by atoms with Gasteiger partial charge in [-0.1, -0.05) is 11.2 Å². The molecule has 3 N–H and O–H groups in total. The van der Waals surface area contributed by atoms with Gasteiger partial charge in [0.1, 0.15) is 0 Å². The normalized spacial score (nSPS) is 15.8. The van der Waals surface area contributed by atoms with Crippen LogP contribution in [0.5, 0.6) is 0 Å². The van der Waals surface area contributed by atoms with Gasteiger partial charge in [0.05, 0.1) is 10.5 Å². The fourth-order valence-electron chi connectivity index (χ4n) is 3.35. The average molecular weight is 390 g/mol. The number of benzene rings is 1. The van der Waals surface area contributed by atoms with E-state index in [1.54, 1.807) is 0 Å². The number of aliphatic carboxylic acids is 1. The second-order valence-corrected chi connectivity index (χ2v) is 6.18. The Morgan fingerprint density at radius 2 is 2.00 bits per heavy atom. The van der Waals surface area contributed by atoms with Crippen LogP contribution in [0.25, 0.3) is 10.4 Å². The maximum atomic E-state index is 12.4. The van der Waals surface area contributed by atoms with Crippen molar-refractivity contribution < 1.29 is 24.4 Å². The van der Waals surface area contributed by atoms with Crippen LogP contribution in [-0.4, -0.2) is 39.3 Å². The fourth-order valence-corrected chi connectivity index (χ4v) is 3.35. The van der Waals surface area contributed by atoms with Crippen LogP contribution in [0.3, 0.4) is 0 Å². The standard InChI is InChI=1S/C16H18N6O6/c17-8-2-1-7-16(15(25)26,21-13(23)5-6-14(21)24)11-4-3-10(19-20-18)9-12(11)22(27)28/h3-4,9H,1-2,5-8,17H2,(H,25,26). The number of hydrogen-bond acceptors (Lipinski definition) is 7. The molecule has 12 nitrogen and oxygen atoms in total. The molecule has 1 aromatic carbocycles. The van der Waals surface area contributed by atoms with Gasteiger partial charge in [-0.25, -0.2) is 4.79 Å². The van der Waals surface area contributed by atoms with Crippen LogP contribution >= 0.6 is 0 Å². The zero-order valence-corrected chi connectivity index (χ0v) is 14.8. The third kappa shape index (κ3) is 3.63. The molecule has 1 saturated heterocycles. The molecule has 1 unspecified atom stereocenters. The molecule has 0 aromatic heterocycles. The zero-order valence-electron chi connectivity index (χ0n) is 14.8. The predicted octanol–water partition coefficient (Wildman–Crippen LogP) is 2.09. The lowest BCUT2D eigenvalue weighted by molar-refractivity contribution is -0.386. The minimum atomic E-state index is -2.25. The number of unbranched alkanes of at least 4 members (excludes halogenated alkanes) is 1. The number of likely N-dealkylation sites (tertiary alicyclic amines) is 1. The first kappa shape index (κ1) is 20.8. The van der Waals surface area contributed by atoms with Gasteiger partial charge in [-0.2, -0.15) is 0 Å². The van der Waals surface area contributed by atoms with Gasteiger partial charge in [-0.15, -0.1) is 0 Å². The Hall–Kier alpha value is -3.50. The van der Waals surface area contributed by atoms with Crippen LogP contribution in [0, 0.1) is 10.1 Å². The van der Waals surface area contributed by atoms with Crippen LogP contribution in [0.2, 0.25) is 0 Å². The number of carboxylic acids is 1. The molecule has 2 amide bonds. The molecule has 0 spiro atoms. The summed E-state index contributed by atoms with van der Waals surface area (Å²) in [6.07, 6.45) is 0.0361. The van der Waals surface area contributed by atoms with Crippen molar-refractivity contribution in [3.8, 4) is 0 Å². The molecule has 1 fully saturated rings. The average Bonchev–Trinajstić information content (AvgIpc) is 2.98. The van der Waals surface area contributed by atoms with Crippen molar-refractivity contribution >= 4 is 29.2 Å². The van der Waals surface area contributed by atoms with Crippen molar-refractivity contribution in [2.45, 2.75) is 37.6 Å². The van der Waals surface area contributed by atoms with Crippen molar-refractivity contribution in [3.63, 3.8) is 0 Å². The summed E-state index contributed by atoms with van der Waals surface area (Å²) < 4.78 is 0. The van der Waals surface area contributed by atoms with Crippen molar-refractivity contribution in [2.24, 2.45) is 10.8 Å². The fraction of sp³-hybridized carbons (Fsp3) is 0.438. The van der Waals surface area contributed by atoms with Crippen molar-refractivity contribution in [3.05, 3.63) is 44.3 Å². The Bertz CT molecular complexity index is 864. The monoisotopic (exact) mass is 390 g/mol. The Labute approximate surface area is 158 Å². The third-order valence-electron chi connectivity index (χ3n) is 4.56. The first-order chi connectivity index (χ1) is 13.3. The maximum Gasteiger partial charge on any atom is 0.335 e. The lowest BCUT2D eigenvalue weighted by Gasteiger charge is -2.37. The van der Waals surface area contributed by atoms with E-state index in [0.29, 0.717) is 11.3 Å². The van der Waals surface area contributed by atoms with Crippen molar-refractivity contribution in [1.29, 1.82) is 0 Å². The quantitative estimate of drug-likeness (QED) is 0.122. The molecule has 1 heterocycles. The summed E-state index contributed by atoms with van der Waals surface area (Å²) in [4.78, 5) is 51.1. The molecule has 12 heteroatoms. The first-order valence-electron chi connectivity index (χ1n) is 8.43. The second-order valence-electron chi connectivity index (χ2n) is 6.18. The molecule has 1 aliphatic rings. The highest BCUT2D eigenvalue weighted by Gasteiger charge is 2.55. The number of azide groups is 1. The number of nitrogens with zero attached hydrogens (tertiary/aromatic N) is 5. The van der Waals surface area contributed by atoms with Gasteiger partial charge in [0, 0.05) is 29.5 Å². The number of rotatable bonds is 9. The van der Waals surface area contributed by atoms with E-state index in [4.69, 9.17) is 11.3 Å². The SMILES string of the molecule is [N-]=[N+]=Nc1ccc(C(CCCCN)(C(=O)O)N2C(=O)CCC2=O)c([N+](=O)[O-])c1. The summed E-state index contributed by atoms with van der Waals surface area (Å²) in [6.45, 7) is 0.246. The molecular formula is C16H18N6O6. The number of amides is 2. The number of nitrogens with two attached hydrogens (primary N) is 1. The van der Waals surface area contributed by atoms with Gasteiger partial charge in [-0.3, -0.25) is 24.6 Å². The van der Waals surface area contributed by atoms with Crippen LogP contribution in [0.4, 0.5) is 11.4 Å². The molecule has 0 aliphatic carbocycles. The number of imide groups is 1. The third-order valence-corrected chi connectivity index (χ3v) is 4.56. The number of nitro groups is 1. The first-order valence-corrected chi connectivity index (χ1v) is 8.43. The van der Waals surface area contributed by atoms with E-state index in [2.05, 4.69) is 10.0 Å². The molecule has 1 aromatic rings. The number of carbonyl (C=O) groups is 3. The summed E-state index contributed by atoms with van der Waals surface area (Å²) in [5.74, 6) is -2.99. The molecular weight excluding hydrogens is 372 g/mol. The topological polar surface area (TPSA) is 193 Å². The maximum absolute atomic E-state index is 12.4. The number of hydrogen-bond donors (Lipinski definition) is 2. The highest BCUT2D eigenvalue weighted by Crippen LogP contribution is 2.43. The van der Waals surface area contributed by atoms with Gasteiger partial charge < -0.3 is 10.8 Å². The highest BCUT2D eigenvalue weighted by molar-refractivity contribution is 6.06. The smallest absolute Gasteiger partial charge is 0.335 e. The molecule has 0 bridgehead atoms. The van der Waals surface area contributed by atoms with Crippen molar-refractivity contribution in [2.75, 3.05) is 6.54 Å². The Balaban J connectivity index is 2.78. The minimum absolute atomic E-state index is 0.0988. The number of nitro benzene ring substituents is 1. The highest BCUT2D eigenvalue weighted by atomic mass is 16.6.